The molecule has 256 valence electrons. The summed E-state index contributed by atoms with van der Waals surface area (Å²) in [6.07, 6.45) is 0. The van der Waals surface area contributed by atoms with Gasteiger partial charge in [0.15, 0.2) is 0 Å². The Balaban J connectivity index is 1.88. The molecule has 0 aromatic heterocycles. The van der Waals surface area contributed by atoms with E-state index in [4.69, 9.17) is 23.4 Å². The first-order chi connectivity index (χ1) is 23.5. The predicted octanol–water partition coefficient (Wildman–Crippen LogP) is 9.43. The molecule has 0 saturated carbocycles. The van der Waals surface area contributed by atoms with Crippen LogP contribution in [0.4, 0.5) is 0 Å². The van der Waals surface area contributed by atoms with Gasteiger partial charge in [0.1, 0.15) is 0 Å². The summed E-state index contributed by atoms with van der Waals surface area (Å²) in [6.45, 7) is 15.6. The first-order valence-corrected chi connectivity index (χ1v) is 19.4. The molecule has 0 amide bonds. The van der Waals surface area contributed by atoms with Gasteiger partial charge in [-0.15, -0.1) is 0 Å². The molecule has 7 heteroatoms. The van der Waals surface area contributed by atoms with Crippen LogP contribution in [0, 0.1) is 0 Å². The number of benzene rings is 5. The minimum absolute atomic E-state index is 0.352. The van der Waals surface area contributed by atoms with E-state index in [1.165, 1.54) is 5.30 Å². The van der Waals surface area contributed by atoms with Gasteiger partial charge in [0.25, 0.3) is 0 Å². The number of hydrogen-bond acceptors (Lipinski definition) is 5. The molecule has 49 heavy (non-hydrogen) atoms. The van der Waals surface area contributed by atoms with E-state index in [1.807, 2.05) is 92.7 Å². The summed E-state index contributed by atoms with van der Waals surface area (Å²) in [5.41, 5.74) is 0. The van der Waals surface area contributed by atoms with Gasteiger partial charge < -0.3 is 0 Å². The van der Waals surface area contributed by atoms with Gasteiger partial charge in [-0.05, 0) is 0 Å². The van der Waals surface area contributed by atoms with Crippen LogP contribution in [0.15, 0.2) is 133 Å². The van der Waals surface area contributed by atoms with E-state index >= 15 is 0 Å². The SMILES string of the molecule is CCOc1cc(OCC)cc(P(c2ccccc2)(c2ccccc2OB(Oc2ccccc2)Oc2ccccc2)(C(C)(C)C)C(C)(C)C)c1. The van der Waals surface area contributed by atoms with Crippen LogP contribution in [0.5, 0.6) is 28.7 Å². The average molecular weight is 677 g/mol. The van der Waals surface area contributed by atoms with Crippen LogP contribution in [-0.4, -0.2) is 30.8 Å². The Hall–Kier alpha value is -4.41. The van der Waals surface area contributed by atoms with Crippen molar-refractivity contribution >= 4 is 29.8 Å². The third kappa shape index (κ3) is 6.40. The van der Waals surface area contributed by atoms with Crippen molar-refractivity contribution in [2.24, 2.45) is 0 Å². The number of hydrogen-bond donors (Lipinski definition) is 0. The maximum absolute atomic E-state index is 7.00. The van der Waals surface area contributed by atoms with Crippen molar-refractivity contribution in [1.29, 1.82) is 0 Å². The quantitative estimate of drug-likeness (QED) is 0.0919. The minimum atomic E-state index is -3.74. The van der Waals surface area contributed by atoms with Crippen molar-refractivity contribution in [2.75, 3.05) is 13.2 Å². The van der Waals surface area contributed by atoms with Crippen LogP contribution in [0.25, 0.3) is 0 Å². The second-order valence-corrected chi connectivity index (χ2v) is 20.5. The Morgan fingerprint density at radius 1 is 0.469 bits per heavy atom. The van der Waals surface area contributed by atoms with E-state index in [-0.39, 0.29) is 10.3 Å². The van der Waals surface area contributed by atoms with Gasteiger partial charge in [0.2, 0.25) is 0 Å². The first-order valence-electron chi connectivity index (χ1n) is 17.1. The van der Waals surface area contributed by atoms with Gasteiger partial charge in [-0.1, -0.05) is 0 Å². The Morgan fingerprint density at radius 2 is 0.898 bits per heavy atom. The molecule has 0 spiro atoms. The Labute approximate surface area is 293 Å². The monoisotopic (exact) mass is 676 g/mol. The van der Waals surface area contributed by atoms with Crippen molar-refractivity contribution in [3.8, 4) is 28.7 Å². The van der Waals surface area contributed by atoms with Crippen LogP contribution < -0.4 is 39.4 Å². The second-order valence-electron chi connectivity index (χ2n) is 14.1. The van der Waals surface area contributed by atoms with Crippen molar-refractivity contribution < 1.29 is 23.4 Å². The molecule has 0 radical (unpaired) electrons. The number of rotatable bonds is 13. The summed E-state index contributed by atoms with van der Waals surface area (Å²) < 4.78 is 32.4. The van der Waals surface area contributed by atoms with Gasteiger partial charge in [0, 0.05) is 0 Å². The first kappa shape index (κ1) is 35.9. The maximum atomic E-state index is 7.00. The molecule has 0 unspecified atom stereocenters. The average Bonchev–Trinajstić information content (AvgIpc) is 3.06. The molecule has 5 nitrogen and oxygen atoms in total. The summed E-state index contributed by atoms with van der Waals surface area (Å²) in [4.78, 5) is 0. The zero-order valence-corrected chi connectivity index (χ0v) is 31.1. The van der Waals surface area contributed by atoms with Crippen molar-refractivity contribution in [1.82, 2.24) is 0 Å². The predicted molar refractivity (Wildman–Crippen MR) is 208 cm³/mol. The normalized spacial score (nSPS) is 12.7. The van der Waals surface area contributed by atoms with Crippen molar-refractivity contribution in [3.63, 3.8) is 0 Å². The Kier molecular flexibility index (Phi) is 10.7. The zero-order valence-electron chi connectivity index (χ0n) is 30.2. The Morgan fingerprint density at radius 3 is 1.35 bits per heavy atom. The van der Waals surface area contributed by atoms with Gasteiger partial charge in [-0.25, -0.2) is 0 Å². The van der Waals surface area contributed by atoms with Crippen molar-refractivity contribution in [3.05, 3.63) is 133 Å². The van der Waals surface area contributed by atoms with Crippen LogP contribution in [0.3, 0.4) is 0 Å². The fraction of sp³-hybridized carbons (Fsp3) is 0.286. The summed E-state index contributed by atoms with van der Waals surface area (Å²) >= 11 is 0. The van der Waals surface area contributed by atoms with E-state index < -0.39 is 13.9 Å². The standard InChI is InChI=1S/C42H50BO5P/c1-9-44-35-30-36(45-10-2)32-38(31-35)49(41(3,4)5,42(6,7)8,37-26-18-13-19-27-37)40-29-21-20-28-39(40)48-43(46-33-22-14-11-15-23-33)47-34-24-16-12-17-25-34/h11-32H,9-10H2,1-8H3. The molecule has 0 aliphatic carbocycles. The van der Waals surface area contributed by atoms with E-state index in [0.717, 1.165) is 22.1 Å². The molecule has 5 aromatic carbocycles. The molecule has 0 saturated heterocycles. The van der Waals surface area contributed by atoms with Crippen molar-refractivity contribution in [2.45, 2.75) is 65.7 Å². The number of ether oxygens (including phenoxy) is 2. The number of para-hydroxylation sites is 3. The molecule has 0 fully saturated rings. The fourth-order valence-electron chi connectivity index (χ4n) is 8.07. The summed E-state index contributed by atoms with van der Waals surface area (Å²) in [5.74, 6) is 3.51. The molecular formula is C42H50BO5P. The topological polar surface area (TPSA) is 46.2 Å². The van der Waals surface area contributed by atoms with E-state index in [1.54, 1.807) is 0 Å². The van der Waals surface area contributed by atoms with Gasteiger partial charge in [-0.2, -0.15) is 0 Å². The molecular weight excluding hydrogens is 626 g/mol. The Bertz CT molecular complexity index is 1720. The van der Waals surface area contributed by atoms with Crippen LogP contribution in [-0.2, 0) is 0 Å². The molecule has 5 aromatic rings. The van der Waals surface area contributed by atoms with Crippen LogP contribution >= 0.6 is 6.60 Å². The zero-order chi connectivity index (χ0) is 35.1. The van der Waals surface area contributed by atoms with Crippen LogP contribution in [0.1, 0.15) is 55.4 Å². The molecule has 5 rings (SSSR count). The fourth-order valence-corrected chi connectivity index (χ4v) is 18.0. The molecule has 0 heterocycles. The third-order valence-electron chi connectivity index (χ3n) is 9.48. The summed E-state index contributed by atoms with van der Waals surface area (Å²) in [5, 5.41) is 2.79. The summed E-state index contributed by atoms with van der Waals surface area (Å²) in [6, 6.07) is 45.1. The summed E-state index contributed by atoms with van der Waals surface area (Å²) in [7, 11) is -1.09. The molecule has 0 bridgehead atoms. The van der Waals surface area contributed by atoms with E-state index in [9.17, 15) is 0 Å². The second kappa shape index (κ2) is 14.6. The van der Waals surface area contributed by atoms with E-state index in [2.05, 4.69) is 96.1 Å². The molecule has 0 atom stereocenters. The van der Waals surface area contributed by atoms with E-state index in [0.29, 0.717) is 30.5 Å². The van der Waals surface area contributed by atoms with Crippen LogP contribution in [0.2, 0.25) is 0 Å². The molecule has 0 N–H and O–H groups in total. The molecule has 0 aliphatic rings. The van der Waals surface area contributed by atoms with Gasteiger partial charge in [-0.3, -0.25) is 0 Å². The van der Waals surface area contributed by atoms with Gasteiger partial charge >= 0.3 is 294 Å². The third-order valence-corrected chi connectivity index (χ3v) is 18.8. The van der Waals surface area contributed by atoms with Gasteiger partial charge in [0.05, 0.1) is 0 Å². The molecule has 0 aliphatic heterocycles.